The van der Waals surface area contributed by atoms with Crippen LogP contribution in [-0.2, 0) is 12.8 Å². The summed E-state index contributed by atoms with van der Waals surface area (Å²) < 4.78 is 0. The first kappa shape index (κ1) is 21.2. The first-order valence-corrected chi connectivity index (χ1v) is 12.7. The number of thiophene rings is 1. The molecule has 5 rings (SSSR count). The molecular formula is C26H37N3OS. The highest BCUT2D eigenvalue weighted by molar-refractivity contribution is 7.21. The number of pyridine rings is 1. The van der Waals surface area contributed by atoms with Gasteiger partial charge in [-0.05, 0) is 72.3 Å². The van der Waals surface area contributed by atoms with E-state index in [9.17, 15) is 4.79 Å². The van der Waals surface area contributed by atoms with Crippen molar-refractivity contribution in [3.05, 3.63) is 22.2 Å². The number of fused-ring (bicyclic) bond motifs is 4. The second-order valence-electron chi connectivity index (χ2n) is 12.5. The number of carbonyl (C=O) groups is 1. The molecule has 168 valence electrons. The number of piperidine rings is 1. The average molecular weight is 440 g/mol. The molecule has 31 heavy (non-hydrogen) atoms. The maximum absolute atomic E-state index is 13.7. The Morgan fingerprint density at radius 2 is 2.03 bits per heavy atom. The van der Waals surface area contributed by atoms with Crippen molar-refractivity contribution in [2.75, 3.05) is 12.3 Å². The molecule has 1 amide bonds. The van der Waals surface area contributed by atoms with Crippen molar-refractivity contribution in [2.45, 2.75) is 86.1 Å². The highest BCUT2D eigenvalue weighted by atomic mass is 32.1. The number of likely N-dealkylation sites (tertiary alicyclic amines) is 1. The minimum absolute atomic E-state index is 0.119. The third-order valence-electron chi connectivity index (χ3n) is 8.57. The molecule has 1 saturated heterocycles. The van der Waals surface area contributed by atoms with Crippen molar-refractivity contribution >= 4 is 33.1 Å². The molecule has 2 aromatic rings. The molecule has 3 atom stereocenters. The molecule has 2 aliphatic carbocycles. The lowest BCUT2D eigenvalue weighted by molar-refractivity contribution is 0.0480. The lowest BCUT2D eigenvalue weighted by Gasteiger charge is -2.40. The molecular weight excluding hydrogens is 402 g/mol. The van der Waals surface area contributed by atoms with Gasteiger partial charge in [-0.3, -0.25) is 4.79 Å². The number of amides is 1. The fraction of sp³-hybridized carbons (Fsp3) is 0.692. The van der Waals surface area contributed by atoms with Gasteiger partial charge in [0.05, 0.1) is 5.69 Å². The van der Waals surface area contributed by atoms with Crippen molar-refractivity contribution in [2.24, 2.45) is 22.2 Å². The Hall–Kier alpha value is -1.62. The van der Waals surface area contributed by atoms with E-state index in [2.05, 4.69) is 52.5 Å². The Balaban J connectivity index is 1.49. The van der Waals surface area contributed by atoms with Gasteiger partial charge in [0, 0.05) is 23.7 Å². The molecule has 0 radical (unpaired) electrons. The van der Waals surface area contributed by atoms with Crippen molar-refractivity contribution < 1.29 is 4.79 Å². The van der Waals surface area contributed by atoms with Crippen LogP contribution >= 0.6 is 11.3 Å². The van der Waals surface area contributed by atoms with E-state index in [4.69, 9.17) is 10.7 Å². The summed E-state index contributed by atoms with van der Waals surface area (Å²) in [7, 11) is 0. The number of carbonyl (C=O) groups excluding carboxylic acids is 1. The predicted molar refractivity (Wildman–Crippen MR) is 130 cm³/mol. The van der Waals surface area contributed by atoms with Crippen molar-refractivity contribution in [1.82, 2.24) is 9.88 Å². The van der Waals surface area contributed by atoms with Crippen LogP contribution in [0, 0.1) is 22.2 Å². The zero-order chi connectivity index (χ0) is 22.3. The van der Waals surface area contributed by atoms with Gasteiger partial charge in [-0.15, -0.1) is 11.3 Å². The van der Waals surface area contributed by atoms with Crippen molar-refractivity contribution in [1.29, 1.82) is 0 Å². The van der Waals surface area contributed by atoms with Gasteiger partial charge in [0.1, 0.15) is 9.71 Å². The van der Waals surface area contributed by atoms with Crippen molar-refractivity contribution in [3.63, 3.8) is 0 Å². The standard InChI is InChI=1S/C26H37N3OS/c1-24(2,3)16-7-8-18-15(11-16)12-17-20(27)21(31-22(17)28-18)23(30)29-10-9-26(6)13-19(29)25(4,5)14-26/h12,16,19H,7-11,13-14,27H2,1-6H3. The number of aromatic nitrogens is 1. The van der Waals surface area contributed by atoms with Crippen LogP contribution in [0.3, 0.4) is 0 Å². The number of nitrogen functional groups attached to an aromatic ring is 1. The summed E-state index contributed by atoms with van der Waals surface area (Å²) >= 11 is 1.50. The highest BCUT2D eigenvalue weighted by Gasteiger charge is 2.53. The number of rotatable bonds is 1. The molecule has 2 N–H and O–H groups in total. The number of anilines is 1. The van der Waals surface area contributed by atoms with Gasteiger partial charge in [-0.25, -0.2) is 4.98 Å². The van der Waals surface area contributed by atoms with E-state index in [0.29, 0.717) is 33.4 Å². The van der Waals surface area contributed by atoms with Crippen LogP contribution < -0.4 is 5.73 Å². The van der Waals surface area contributed by atoms with Gasteiger partial charge >= 0.3 is 0 Å². The molecule has 0 spiro atoms. The average Bonchev–Trinajstić information content (AvgIpc) is 3.08. The topological polar surface area (TPSA) is 59.2 Å². The smallest absolute Gasteiger partial charge is 0.266 e. The third-order valence-corrected chi connectivity index (χ3v) is 9.67. The van der Waals surface area contributed by atoms with E-state index in [1.54, 1.807) is 0 Å². The van der Waals surface area contributed by atoms with E-state index < -0.39 is 0 Å². The fourth-order valence-electron chi connectivity index (χ4n) is 6.76. The summed E-state index contributed by atoms with van der Waals surface area (Å²) in [6, 6.07) is 2.54. The van der Waals surface area contributed by atoms with Crippen molar-refractivity contribution in [3.8, 4) is 0 Å². The molecule has 4 nitrogen and oxygen atoms in total. The highest BCUT2D eigenvalue weighted by Crippen LogP contribution is 2.56. The predicted octanol–water partition coefficient (Wildman–Crippen LogP) is 6.07. The Morgan fingerprint density at radius 3 is 2.74 bits per heavy atom. The first-order chi connectivity index (χ1) is 14.4. The second-order valence-corrected chi connectivity index (χ2v) is 13.5. The minimum Gasteiger partial charge on any atom is -0.397 e. The quantitative estimate of drug-likeness (QED) is 0.586. The zero-order valence-corrected chi connectivity index (χ0v) is 20.8. The largest absolute Gasteiger partial charge is 0.397 e. The SMILES string of the molecule is CC12CCN(C(=O)c3sc4nc5c(cc4c3N)CC(C(C)(C)C)CC5)C(C1)C(C)(C)C2. The summed E-state index contributed by atoms with van der Waals surface area (Å²) in [6.07, 6.45) is 6.66. The Labute approximate surface area is 190 Å². The third kappa shape index (κ3) is 3.39. The van der Waals surface area contributed by atoms with Crippen LogP contribution in [0.4, 0.5) is 5.69 Å². The molecule has 1 aliphatic heterocycles. The maximum Gasteiger partial charge on any atom is 0.266 e. The van der Waals surface area contributed by atoms with Crippen LogP contribution in [0.5, 0.6) is 0 Å². The van der Waals surface area contributed by atoms with Crippen LogP contribution in [0.2, 0.25) is 0 Å². The van der Waals surface area contributed by atoms with E-state index in [1.807, 2.05) is 0 Å². The van der Waals surface area contributed by atoms with E-state index in [0.717, 1.165) is 42.4 Å². The summed E-state index contributed by atoms with van der Waals surface area (Å²) in [5, 5.41) is 0.981. The normalized spacial score (nSPS) is 29.9. The van der Waals surface area contributed by atoms with Crippen LogP contribution in [0.25, 0.3) is 10.2 Å². The zero-order valence-electron chi connectivity index (χ0n) is 20.0. The molecule has 3 unspecified atom stereocenters. The Morgan fingerprint density at radius 1 is 1.29 bits per heavy atom. The monoisotopic (exact) mass is 439 g/mol. The van der Waals surface area contributed by atoms with Crippen LogP contribution in [-0.4, -0.2) is 28.4 Å². The fourth-order valence-corrected chi connectivity index (χ4v) is 7.82. The van der Waals surface area contributed by atoms with Gasteiger partial charge in [0.2, 0.25) is 0 Å². The number of hydrogen-bond donors (Lipinski definition) is 1. The van der Waals surface area contributed by atoms with E-state index >= 15 is 0 Å². The first-order valence-electron chi connectivity index (χ1n) is 11.9. The lowest BCUT2D eigenvalue weighted by atomic mass is 9.71. The number of nitrogens with zero attached hydrogens (tertiary/aromatic N) is 2. The molecule has 0 aromatic carbocycles. The molecule has 2 aromatic heterocycles. The maximum atomic E-state index is 13.7. The van der Waals surface area contributed by atoms with Gasteiger partial charge in [-0.1, -0.05) is 41.5 Å². The van der Waals surface area contributed by atoms with E-state index in [-0.39, 0.29) is 11.3 Å². The molecule has 3 heterocycles. The van der Waals surface area contributed by atoms with E-state index in [1.165, 1.54) is 35.4 Å². The molecule has 5 heteroatoms. The minimum atomic E-state index is 0.119. The van der Waals surface area contributed by atoms with Gasteiger partial charge in [0.15, 0.2) is 0 Å². The molecule has 1 saturated carbocycles. The van der Waals surface area contributed by atoms with Crippen LogP contribution in [0.1, 0.15) is 88.2 Å². The summed E-state index contributed by atoms with van der Waals surface area (Å²) in [6.45, 7) is 14.9. The van der Waals surface area contributed by atoms with Gasteiger partial charge in [0.25, 0.3) is 5.91 Å². The number of aryl methyl sites for hydroxylation is 1. The van der Waals surface area contributed by atoms with Crippen LogP contribution in [0.15, 0.2) is 6.07 Å². The Bertz CT molecular complexity index is 1060. The second kappa shape index (κ2) is 6.69. The number of hydrogen-bond acceptors (Lipinski definition) is 4. The summed E-state index contributed by atoms with van der Waals surface area (Å²) in [5.41, 5.74) is 10.6. The Kier molecular flexibility index (Phi) is 4.59. The summed E-state index contributed by atoms with van der Waals surface area (Å²) in [5.74, 6) is 0.778. The number of nitrogens with two attached hydrogens (primary N) is 1. The molecule has 2 fully saturated rings. The lowest BCUT2D eigenvalue weighted by Crippen LogP contribution is -2.48. The van der Waals surface area contributed by atoms with Gasteiger partial charge < -0.3 is 10.6 Å². The summed E-state index contributed by atoms with van der Waals surface area (Å²) in [4.78, 5) is 22.5. The molecule has 3 aliphatic rings. The van der Waals surface area contributed by atoms with Gasteiger partial charge in [-0.2, -0.15) is 0 Å². The molecule has 2 bridgehead atoms.